The van der Waals surface area contributed by atoms with Crippen LogP contribution in [0.25, 0.3) is 0 Å². The monoisotopic (exact) mass is 296 g/mol. The van der Waals surface area contributed by atoms with Crippen molar-refractivity contribution in [1.82, 2.24) is 4.98 Å². The highest BCUT2D eigenvalue weighted by Gasteiger charge is 2.45. The minimum absolute atomic E-state index is 0.317. The second-order valence-corrected chi connectivity index (χ2v) is 3.52. The summed E-state index contributed by atoms with van der Waals surface area (Å²) in [5.74, 6) is -1.05. The summed E-state index contributed by atoms with van der Waals surface area (Å²) in [5.41, 5.74) is -3.79. The molecule has 1 heterocycles. The van der Waals surface area contributed by atoms with E-state index in [-0.39, 0.29) is 0 Å². The van der Waals surface area contributed by atoms with Crippen LogP contribution in [-0.4, -0.2) is 4.98 Å². The zero-order valence-electron chi connectivity index (χ0n) is 9.34. The Labute approximate surface area is 107 Å². The molecular formula is C11H4F6NO2. The summed E-state index contributed by atoms with van der Waals surface area (Å²) in [7, 11) is 0. The van der Waals surface area contributed by atoms with Gasteiger partial charge in [-0.3, -0.25) is 0 Å². The molecule has 9 heteroatoms. The predicted molar refractivity (Wildman–Crippen MR) is 51.9 cm³/mol. The van der Waals surface area contributed by atoms with Gasteiger partial charge in [0.25, 0.3) is 0 Å². The van der Waals surface area contributed by atoms with Gasteiger partial charge in [0.2, 0.25) is 0 Å². The summed E-state index contributed by atoms with van der Waals surface area (Å²) in [6.07, 6.45) is -8.08. The lowest BCUT2D eigenvalue weighted by molar-refractivity contribution is -0.162. The van der Waals surface area contributed by atoms with Crippen molar-refractivity contribution in [3.8, 4) is 11.8 Å². The molecule has 2 rings (SSSR count). The SMILES string of the molecule is FC(F)(F)c1cccc(Oc2nc[c]o2)c1C(F)(F)F. The number of halogens is 6. The summed E-state index contributed by atoms with van der Waals surface area (Å²) in [4.78, 5) is 3.33. The molecule has 3 nitrogen and oxygen atoms in total. The van der Waals surface area contributed by atoms with Crippen molar-refractivity contribution in [2.24, 2.45) is 0 Å². The molecule has 2 aromatic rings. The average Bonchev–Trinajstić information content (AvgIpc) is 2.79. The number of hydrogen-bond donors (Lipinski definition) is 0. The first kappa shape index (κ1) is 14.2. The Morgan fingerprint density at radius 3 is 2.25 bits per heavy atom. The second-order valence-electron chi connectivity index (χ2n) is 3.52. The van der Waals surface area contributed by atoms with Crippen LogP contribution >= 0.6 is 0 Å². The van der Waals surface area contributed by atoms with E-state index in [1.54, 1.807) is 0 Å². The van der Waals surface area contributed by atoms with Gasteiger partial charge in [-0.1, -0.05) is 6.07 Å². The van der Waals surface area contributed by atoms with E-state index in [4.69, 9.17) is 0 Å². The van der Waals surface area contributed by atoms with Gasteiger partial charge < -0.3 is 9.15 Å². The molecule has 107 valence electrons. The fourth-order valence-electron chi connectivity index (χ4n) is 1.47. The molecule has 0 atom stereocenters. The van der Waals surface area contributed by atoms with E-state index in [9.17, 15) is 26.3 Å². The molecule has 0 saturated carbocycles. The van der Waals surface area contributed by atoms with Gasteiger partial charge in [0.1, 0.15) is 11.3 Å². The van der Waals surface area contributed by atoms with E-state index in [1.165, 1.54) is 0 Å². The largest absolute Gasteiger partial charge is 0.420 e. The fourth-order valence-corrected chi connectivity index (χ4v) is 1.47. The Hall–Kier alpha value is -2.19. The molecular weight excluding hydrogens is 292 g/mol. The van der Waals surface area contributed by atoms with Crippen LogP contribution in [0.2, 0.25) is 0 Å². The Kier molecular flexibility index (Phi) is 3.36. The standard InChI is InChI=1S/C11H4F6NO2/c12-10(13,14)6-2-1-3-7(8(6)11(15,16)17)20-9-18-4-5-19-9/h1-4H. The van der Waals surface area contributed by atoms with E-state index in [2.05, 4.69) is 14.1 Å². The maximum Gasteiger partial charge on any atom is 0.420 e. The molecule has 1 radical (unpaired) electrons. The number of benzene rings is 1. The van der Waals surface area contributed by atoms with Crippen molar-refractivity contribution in [3.63, 3.8) is 0 Å². The lowest BCUT2D eigenvalue weighted by Gasteiger charge is -2.17. The average molecular weight is 296 g/mol. The number of nitrogens with zero attached hydrogens (tertiary/aromatic N) is 1. The summed E-state index contributed by atoms with van der Waals surface area (Å²) >= 11 is 0. The second kappa shape index (κ2) is 4.73. The smallest absolute Gasteiger partial charge is 0.410 e. The van der Waals surface area contributed by atoms with Crippen molar-refractivity contribution >= 4 is 0 Å². The lowest BCUT2D eigenvalue weighted by Crippen LogP contribution is -2.17. The highest BCUT2D eigenvalue weighted by atomic mass is 19.4. The Bertz CT molecular complexity index is 588. The zero-order valence-corrected chi connectivity index (χ0v) is 9.34. The van der Waals surface area contributed by atoms with Crippen molar-refractivity contribution < 1.29 is 35.5 Å². The lowest BCUT2D eigenvalue weighted by atomic mass is 10.1. The minimum atomic E-state index is -5.25. The van der Waals surface area contributed by atoms with Gasteiger partial charge in [-0.25, -0.2) is 0 Å². The number of hydrogen-bond acceptors (Lipinski definition) is 3. The summed E-state index contributed by atoms with van der Waals surface area (Å²) in [6, 6.07) is 1.85. The number of oxazole rings is 1. The minimum Gasteiger partial charge on any atom is -0.410 e. The molecule has 0 fully saturated rings. The highest BCUT2D eigenvalue weighted by molar-refractivity contribution is 5.44. The van der Waals surface area contributed by atoms with E-state index in [0.717, 1.165) is 18.3 Å². The molecule has 0 aliphatic carbocycles. The van der Waals surface area contributed by atoms with Crippen molar-refractivity contribution in [1.29, 1.82) is 0 Å². The zero-order chi connectivity index (χ0) is 15.0. The van der Waals surface area contributed by atoms with Crippen LogP contribution in [0.1, 0.15) is 11.1 Å². The van der Waals surface area contributed by atoms with E-state index in [0.29, 0.717) is 6.07 Å². The number of ether oxygens (including phenoxy) is 1. The quantitative estimate of drug-likeness (QED) is 0.775. The maximum atomic E-state index is 12.8. The third-order valence-electron chi connectivity index (χ3n) is 2.18. The van der Waals surface area contributed by atoms with Crippen molar-refractivity contribution in [2.75, 3.05) is 0 Å². The molecule has 0 bridgehead atoms. The van der Waals surface area contributed by atoms with Crippen LogP contribution in [0.15, 0.2) is 28.8 Å². The Morgan fingerprint density at radius 1 is 1.05 bits per heavy atom. The first-order chi connectivity index (χ1) is 9.19. The maximum absolute atomic E-state index is 12.8. The summed E-state index contributed by atoms with van der Waals surface area (Å²) in [6.45, 7) is 0. The molecule has 0 N–H and O–H groups in total. The van der Waals surface area contributed by atoms with Crippen LogP contribution in [0.3, 0.4) is 0 Å². The van der Waals surface area contributed by atoms with Crippen LogP contribution < -0.4 is 4.74 Å². The Balaban J connectivity index is 2.57. The highest BCUT2D eigenvalue weighted by Crippen LogP contribution is 2.45. The number of aromatic nitrogens is 1. The molecule has 0 aliphatic rings. The first-order valence-electron chi connectivity index (χ1n) is 4.96. The molecule has 0 unspecified atom stereocenters. The third kappa shape index (κ3) is 2.86. The topological polar surface area (TPSA) is 35.3 Å². The van der Waals surface area contributed by atoms with Gasteiger partial charge in [-0.2, -0.15) is 31.3 Å². The third-order valence-corrected chi connectivity index (χ3v) is 2.18. The molecule has 1 aromatic carbocycles. The number of alkyl halides is 6. The normalized spacial score (nSPS) is 12.5. The van der Waals surface area contributed by atoms with E-state index >= 15 is 0 Å². The van der Waals surface area contributed by atoms with Crippen LogP contribution in [-0.2, 0) is 12.4 Å². The Morgan fingerprint density at radius 2 is 1.75 bits per heavy atom. The molecule has 0 amide bonds. The van der Waals surface area contributed by atoms with Gasteiger partial charge in [0, 0.05) is 0 Å². The molecule has 1 aromatic heterocycles. The van der Waals surface area contributed by atoms with Crippen LogP contribution in [0, 0.1) is 6.26 Å². The number of rotatable bonds is 2. The van der Waals surface area contributed by atoms with Crippen LogP contribution in [0.5, 0.6) is 11.8 Å². The summed E-state index contributed by atoms with van der Waals surface area (Å²) in [5, 5.41) is 0. The van der Waals surface area contributed by atoms with Crippen LogP contribution in [0.4, 0.5) is 26.3 Å². The van der Waals surface area contributed by atoms with Gasteiger partial charge in [-0.15, -0.1) is 0 Å². The van der Waals surface area contributed by atoms with E-state index in [1.807, 2.05) is 6.26 Å². The molecule has 0 aliphatic heterocycles. The fraction of sp³-hybridized carbons (Fsp3) is 0.182. The van der Waals surface area contributed by atoms with Gasteiger partial charge >= 0.3 is 18.4 Å². The predicted octanol–water partition coefficient (Wildman–Crippen LogP) is 4.30. The van der Waals surface area contributed by atoms with Crippen molar-refractivity contribution in [3.05, 3.63) is 41.8 Å². The van der Waals surface area contributed by atoms with Gasteiger partial charge in [0.15, 0.2) is 6.26 Å². The van der Waals surface area contributed by atoms with Crippen molar-refractivity contribution in [2.45, 2.75) is 12.4 Å². The van der Waals surface area contributed by atoms with E-state index < -0.39 is 35.3 Å². The van der Waals surface area contributed by atoms with Gasteiger partial charge in [-0.05, 0) is 12.1 Å². The summed E-state index contributed by atoms with van der Waals surface area (Å²) < 4.78 is 85.4. The van der Waals surface area contributed by atoms with Gasteiger partial charge in [0.05, 0.1) is 11.8 Å². The molecule has 20 heavy (non-hydrogen) atoms. The first-order valence-corrected chi connectivity index (χ1v) is 4.96. The molecule has 0 saturated heterocycles. The molecule has 0 spiro atoms.